The highest BCUT2D eigenvalue weighted by molar-refractivity contribution is 7.93. The van der Waals surface area contributed by atoms with Gasteiger partial charge in [0.05, 0.1) is 10.7 Å². The molecule has 1 aromatic carbocycles. The number of carbonyl (C=O) groups excluding carboxylic acids is 2. The molecule has 2 aliphatic heterocycles. The summed E-state index contributed by atoms with van der Waals surface area (Å²) in [5.74, 6) is -2.98. The van der Waals surface area contributed by atoms with E-state index in [1.54, 1.807) is 30.3 Å². The van der Waals surface area contributed by atoms with Crippen LogP contribution in [0.15, 0.2) is 30.3 Å². The third-order valence-corrected chi connectivity index (χ3v) is 7.88. The highest BCUT2D eigenvalue weighted by atomic mass is 32.2. The molecule has 1 N–H and O–H groups in total. The van der Waals surface area contributed by atoms with Crippen LogP contribution in [0.3, 0.4) is 0 Å². The minimum absolute atomic E-state index is 0.285. The normalized spacial score (nSPS) is 28.2. The van der Waals surface area contributed by atoms with Gasteiger partial charge >= 0.3 is 5.97 Å². The van der Waals surface area contributed by atoms with Gasteiger partial charge in [-0.05, 0) is 26.0 Å². The van der Waals surface area contributed by atoms with E-state index in [4.69, 9.17) is 4.74 Å². The van der Waals surface area contributed by atoms with E-state index < -0.39 is 49.6 Å². The van der Waals surface area contributed by atoms with Gasteiger partial charge in [-0.15, -0.1) is 0 Å². The molecule has 0 unspecified atom stereocenters. The number of carbonyl (C=O) groups is 3. The fourth-order valence-electron chi connectivity index (χ4n) is 3.58. The summed E-state index contributed by atoms with van der Waals surface area (Å²) < 4.78 is 29.1. The molecule has 2 saturated heterocycles. The lowest BCUT2D eigenvalue weighted by Crippen LogP contribution is -2.63. The van der Waals surface area contributed by atoms with Crippen LogP contribution in [0.5, 0.6) is 5.75 Å². The lowest BCUT2D eigenvalue weighted by atomic mass is 9.88. The average Bonchev–Trinajstić information content (AvgIpc) is 2.72. The molecule has 0 radical (unpaired) electrons. The number of carboxylic acids is 1. The second kappa shape index (κ2) is 6.08. The largest absolute Gasteiger partial charge is 0.486 e. The van der Waals surface area contributed by atoms with E-state index in [1.807, 2.05) is 0 Å². The third-order valence-electron chi connectivity index (χ3n) is 5.00. The van der Waals surface area contributed by atoms with E-state index in [0.29, 0.717) is 5.75 Å². The maximum atomic E-state index is 12.7. The van der Waals surface area contributed by atoms with Gasteiger partial charge in [0.2, 0.25) is 5.91 Å². The number of ketones is 1. The molecule has 0 bridgehead atoms. The first kappa shape index (κ1) is 18.4. The number of carboxylic acid groups (broad SMARTS) is 1. The number of nitrogens with zero attached hydrogens (tertiary/aromatic N) is 1. The number of aliphatic carboxylic acids is 1. The molecule has 0 spiro atoms. The van der Waals surface area contributed by atoms with Crippen LogP contribution in [0.2, 0.25) is 0 Å². The Hall–Kier alpha value is -2.42. The summed E-state index contributed by atoms with van der Waals surface area (Å²) in [6, 6.07) is 7.17. The number of hydrogen-bond acceptors (Lipinski definition) is 6. The van der Waals surface area contributed by atoms with Crippen molar-refractivity contribution < 1.29 is 32.6 Å². The first-order valence-electron chi connectivity index (χ1n) is 8.07. The molecule has 9 heteroatoms. The third kappa shape index (κ3) is 2.57. The van der Waals surface area contributed by atoms with Gasteiger partial charge in [-0.3, -0.25) is 9.59 Å². The number of sulfone groups is 1. The van der Waals surface area contributed by atoms with Crippen molar-refractivity contribution in [1.29, 1.82) is 0 Å². The number of hydrogen-bond donors (Lipinski definition) is 1. The predicted octanol–water partition coefficient (Wildman–Crippen LogP) is 0.469. The molecule has 2 aliphatic rings. The number of para-hydroxylation sites is 1. The fourth-order valence-corrected chi connectivity index (χ4v) is 5.90. The van der Waals surface area contributed by atoms with Crippen molar-refractivity contribution in [1.82, 2.24) is 4.90 Å². The van der Waals surface area contributed by atoms with Gasteiger partial charge in [-0.25, -0.2) is 13.2 Å². The van der Waals surface area contributed by atoms with Gasteiger partial charge in [-0.2, -0.15) is 0 Å². The smallest absolute Gasteiger partial charge is 0.328 e. The summed E-state index contributed by atoms with van der Waals surface area (Å²) >= 11 is 0. The van der Waals surface area contributed by atoms with Crippen LogP contribution in [-0.2, 0) is 24.2 Å². The topological polar surface area (TPSA) is 118 Å². The number of benzene rings is 1. The Morgan fingerprint density at radius 1 is 1.23 bits per heavy atom. The molecule has 3 rings (SSSR count). The summed E-state index contributed by atoms with van der Waals surface area (Å²) in [6.45, 7) is 2.31. The number of rotatable bonds is 6. The molecular formula is C17H19NO7S. The Balaban J connectivity index is 1.72. The molecule has 0 aromatic heterocycles. The van der Waals surface area contributed by atoms with Crippen LogP contribution >= 0.6 is 0 Å². The molecule has 0 aliphatic carbocycles. The molecule has 1 amide bonds. The van der Waals surface area contributed by atoms with Crippen molar-refractivity contribution in [3.8, 4) is 5.75 Å². The van der Waals surface area contributed by atoms with Gasteiger partial charge in [-0.1, -0.05) is 18.2 Å². The van der Waals surface area contributed by atoms with Gasteiger partial charge in [0.25, 0.3) is 0 Å². The molecule has 3 atom stereocenters. The van der Waals surface area contributed by atoms with Gasteiger partial charge in [0.15, 0.2) is 15.6 Å². The van der Waals surface area contributed by atoms with E-state index in [2.05, 4.69) is 0 Å². The predicted molar refractivity (Wildman–Crippen MR) is 90.1 cm³/mol. The molecule has 8 nitrogen and oxygen atoms in total. The van der Waals surface area contributed by atoms with Crippen LogP contribution in [-0.4, -0.2) is 58.9 Å². The van der Waals surface area contributed by atoms with Crippen molar-refractivity contribution in [2.45, 2.75) is 36.4 Å². The van der Waals surface area contributed by atoms with Gasteiger partial charge in [0, 0.05) is 6.42 Å². The van der Waals surface area contributed by atoms with Crippen molar-refractivity contribution in [3.05, 3.63) is 30.3 Å². The zero-order valence-electron chi connectivity index (χ0n) is 14.3. The number of amides is 1. The second-order valence-corrected chi connectivity index (χ2v) is 9.60. The molecule has 26 heavy (non-hydrogen) atoms. The minimum Gasteiger partial charge on any atom is -0.486 e. The maximum absolute atomic E-state index is 12.7. The summed E-state index contributed by atoms with van der Waals surface area (Å²) in [5, 5.41) is 8.08. The van der Waals surface area contributed by atoms with Crippen LogP contribution in [0.25, 0.3) is 0 Å². The Morgan fingerprint density at radius 3 is 2.42 bits per heavy atom. The zero-order chi connectivity index (χ0) is 19.3. The SMILES string of the molecule is CC1(C)[C@H](C(=O)O)N2C(=O)[C@@H](CC(=O)COc3ccccc3)[C@H]2S1(=O)=O. The number of β-lactam (4-membered cyclic amide) rings is 1. The van der Waals surface area contributed by atoms with Crippen molar-refractivity contribution in [3.63, 3.8) is 0 Å². The standard InChI is InChI=1S/C17H19NO7S/c1-17(2)13(16(21)22)18-14(20)12(15(18)26(17,23)24)8-10(19)9-25-11-6-4-3-5-7-11/h3-7,12-13,15H,8-9H2,1-2H3,(H,21,22)/t12-,13+,15-/m1/s1. The second-order valence-electron chi connectivity index (χ2n) is 6.98. The summed E-state index contributed by atoms with van der Waals surface area (Å²) in [6.07, 6.45) is -0.297. The highest BCUT2D eigenvalue weighted by Gasteiger charge is 2.72. The van der Waals surface area contributed by atoms with Crippen LogP contribution in [0.4, 0.5) is 0 Å². The zero-order valence-corrected chi connectivity index (χ0v) is 15.1. The van der Waals surface area contributed by atoms with Crippen LogP contribution in [0.1, 0.15) is 20.3 Å². The Kier molecular flexibility index (Phi) is 4.30. The monoisotopic (exact) mass is 381 g/mol. The maximum Gasteiger partial charge on any atom is 0.328 e. The van der Waals surface area contributed by atoms with E-state index in [1.165, 1.54) is 13.8 Å². The molecule has 140 valence electrons. The molecule has 0 saturated carbocycles. The molecular weight excluding hydrogens is 362 g/mol. The van der Waals surface area contributed by atoms with Crippen LogP contribution in [0, 0.1) is 5.92 Å². The summed E-state index contributed by atoms with van der Waals surface area (Å²) in [5.41, 5.74) is 0. The van der Waals surface area contributed by atoms with Gasteiger partial charge < -0.3 is 14.7 Å². The van der Waals surface area contributed by atoms with Crippen LogP contribution < -0.4 is 4.74 Å². The Labute approximate surface area is 150 Å². The van der Waals surface area contributed by atoms with E-state index in [9.17, 15) is 27.9 Å². The Morgan fingerprint density at radius 2 is 1.85 bits per heavy atom. The average molecular weight is 381 g/mol. The van der Waals surface area contributed by atoms with E-state index in [0.717, 1.165) is 4.90 Å². The number of Topliss-reactive ketones (excluding diaryl/α,β-unsaturated/α-hetero) is 1. The first-order chi connectivity index (χ1) is 12.1. The molecule has 1 aromatic rings. The first-order valence-corrected chi connectivity index (χ1v) is 9.61. The summed E-state index contributed by atoms with van der Waals surface area (Å²) in [4.78, 5) is 36.8. The summed E-state index contributed by atoms with van der Waals surface area (Å²) in [7, 11) is -3.92. The van der Waals surface area contributed by atoms with Crippen molar-refractivity contribution >= 4 is 27.5 Å². The lowest BCUT2D eigenvalue weighted by molar-refractivity contribution is -0.164. The number of ether oxygens (including phenoxy) is 1. The number of fused-ring (bicyclic) bond motifs is 1. The molecule has 2 heterocycles. The Bertz CT molecular complexity index is 862. The van der Waals surface area contributed by atoms with E-state index >= 15 is 0 Å². The minimum atomic E-state index is -3.92. The quantitative estimate of drug-likeness (QED) is 0.712. The van der Waals surface area contributed by atoms with Crippen molar-refractivity contribution in [2.75, 3.05) is 6.61 Å². The van der Waals surface area contributed by atoms with E-state index in [-0.39, 0.29) is 13.0 Å². The molecule has 2 fully saturated rings. The van der Waals surface area contributed by atoms with Crippen molar-refractivity contribution in [2.24, 2.45) is 5.92 Å². The fraction of sp³-hybridized carbons (Fsp3) is 0.471. The highest BCUT2D eigenvalue weighted by Crippen LogP contribution is 2.49. The van der Waals surface area contributed by atoms with Gasteiger partial charge in [0.1, 0.15) is 23.8 Å². The lowest BCUT2D eigenvalue weighted by Gasteiger charge is -2.42.